The summed E-state index contributed by atoms with van der Waals surface area (Å²) >= 11 is 0. The molecule has 0 aliphatic heterocycles. The molecule has 9 heteroatoms. The van der Waals surface area contributed by atoms with Crippen molar-refractivity contribution >= 4 is 29.4 Å². The number of nitro benzene ring substituents is 2. The molecule has 128 valence electrons. The summed E-state index contributed by atoms with van der Waals surface area (Å²) < 4.78 is 5.06. The Labute approximate surface area is 142 Å². The Kier molecular flexibility index (Phi) is 5.77. The van der Waals surface area contributed by atoms with Crippen molar-refractivity contribution in [2.24, 2.45) is 5.10 Å². The van der Waals surface area contributed by atoms with Gasteiger partial charge in [0.15, 0.2) is 0 Å². The largest absolute Gasteiger partial charge is 0.497 e. The minimum Gasteiger partial charge on any atom is -0.497 e. The van der Waals surface area contributed by atoms with E-state index < -0.39 is 15.5 Å². The number of rotatable bonds is 7. The van der Waals surface area contributed by atoms with Crippen LogP contribution in [0.4, 0.5) is 17.1 Å². The van der Waals surface area contributed by atoms with Crippen molar-refractivity contribution in [2.45, 2.75) is 0 Å². The van der Waals surface area contributed by atoms with Crippen molar-refractivity contribution in [3.63, 3.8) is 0 Å². The molecule has 1 N–H and O–H groups in total. The number of non-ortho nitro benzene ring substituents is 1. The van der Waals surface area contributed by atoms with Crippen LogP contribution in [0.25, 0.3) is 6.08 Å². The summed E-state index contributed by atoms with van der Waals surface area (Å²) in [6.07, 6.45) is 4.84. The number of benzene rings is 2. The number of nitro groups is 2. The number of hydrazone groups is 1. The summed E-state index contributed by atoms with van der Waals surface area (Å²) in [6.45, 7) is 0. The Morgan fingerprint density at radius 2 is 1.80 bits per heavy atom. The molecule has 2 aromatic rings. The molecule has 0 amide bonds. The lowest BCUT2D eigenvalue weighted by Crippen LogP contribution is -1.98. The number of hydrogen-bond acceptors (Lipinski definition) is 7. The minimum atomic E-state index is -0.710. The summed E-state index contributed by atoms with van der Waals surface area (Å²) in [6, 6.07) is 10.6. The Bertz CT molecular complexity index is 831. The second kappa shape index (κ2) is 8.20. The predicted octanol–water partition coefficient (Wildman–Crippen LogP) is 3.62. The van der Waals surface area contributed by atoms with E-state index in [0.717, 1.165) is 23.4 Å². The molecular weight excluding hydrogens is 328 g/mol. The Hall–Kier alpha value is -3.75. The fraction of sp³-hybridized carbons (Fsp3) is 0.0625. The summed E-state index contributed by atoms with van der Waals surface area (Å²) in [4.78, 5) is 20.3. The summed E-state index contributed by atoms with van der Waals surface area (Å²) in [5, 5.41) is 25.5. The van der Waals surface area contributed by atoms with E-state index in [1.54, 1.807) is 19.3 Å². The third-order valence-electron chi connectivity index (χ3n) is 3.14. The van der Waals surface area contributed by atoms with Crippen LogP contribution in [0.2, 0.25) is 0 Å². The highest BCUT2D eigenvalue weighted by molar-refractivity contribution is 5.79. The molecule has 0 bridgehead atoms. The first kappa shape index (κ1) is 17.6. The van der Waals surface area contributed by atoms with Crippen LogP contribution in [0, 0.1) is 20.2 Å². The van der Waals surface area contributed by atoms with Crippen molar-refractivity contribution in [2.75, 3.05) is 12.5 Å². The maximum Gasteiger partial charge on any atom is 0.301 e. The molecule has 9 nitrogen and oxygen atoms in total. The van der Waals surface area contributed by atoms with Gasteiger partial charge in [-0.1, -0.05) is 18.2 Å². The van der Waals surface area contributed by atoms with E-state index in [-0.39, 0.29) is 11.4 Å². The summed E-state index contributed by atoms with van der Waals surface area (Å²) in [5.41, 5.74) is 2.70. The molecule has 0 saturated carbocycles. The van der Waals surface area contributed by atoms with Gasteiger partial charge in [0, 0.05) is 12.3 Å². The van der Waals surface area contributed by atoms with E-state index in [2.05, 4.69) is 10.5 Å². The first-order valence-electron chi connectivity index (χ1n) is 7.04. The van der Waals surface area contributed by atoms with Gasteiger partial charge in [0.2, 0.25) is 0 Å². The molecule has 0 aliphatic rings. The monoisotopic (exact) mass is 342 g/mol. The van der Waals surface area contributed by atoms with E-state index in [4.69, 9.17) is 4.74 Å². The average molecular weight is 342 g/mol. The smallest absolute Gasteiger partial charge is 0.301 e. The molecule has 0 atom stereocenters. The number of nitrogens with one attached hydrogen (secondary N) is 1. The van der Waals surface area contributed by atoms with Gasteiger partial charge in [-0.15, -0.1) is 0 Å². The molecule has 0 unspecified atom stereocenters. The fourth-order valence-corrected chi connectivity index (χ4v) is 1.90. The minimum absolute atomic E-state index is 0.0599. The first-order valence-corrected chi connectivity index (χ1v) is 7.04. The molecule has 0 fully saturated rings. The van der Waals surface area contributed by atoms with Crippen LogP contribution in [0.3, 0.4) is 0 Å². The van der Waals surface area contributed by atoms with Gasteiger partial charge in [0.05, 0.1) is 23.0 Å². The SMILES string of the molecule is COc1ccc(/C=C/C=N/Nc2ccc([N+](=O)[O-])cc2[N+](=O)[O-])cc1. The van der Waals surface area contributed by atoms with E-state index in [1.807, 2.05) is 24.3 Å². The number of ether oxygens (including phenoxy) is 1. The van der Waals surface area contributed by atoms with Crippen LogP contribution in [0.5, 0.6) is 5.75 Å². The second-order valence-electron chi connectivity index (χ2n) is 4.74. The highest BCUT2D eigenvalue weighted by Crippen LogP contribution is 2.28. The van der Waals surface area contributed by atoms with Gasteiger partial charge in [0.1, 0.15) is 11.4 Å². The van der Waals surface area contributed by atoms with Crippen molar-refractivity contribution in [1.82, 2.24) is 0 Å². The second-order valence-corrected chi connectivity index (χ2v) is 4.74. The highest BCUT2D eigenvalue weighted by atomic mass is 16.6. The summed E-state index contributed by atoms with van der Waals surface area (Å²) in [5.74, 6) is 0.748. The number of methoxy groups -OCH3 is 1. The summed E-state index contributed by atoms with van der Waals surface area (Å²) in [7, 11) is 1.58. The third-order valence-corrected chi connectivity index (χ3v) is 3.14. The third kappa shape index (κ3) is 4.86. The lowest BCUT2D eigenvalue weighted by atomic mass is 10.2. The first-order chi connectivity index (χ1) is 12.0. The van der Waals surface area contributed by atoms with E-state index in [0.29, 0.717) is 0 Å². The van der Waals surface area contributed by atoms with Gasteiger partial charge >= 0.3 is 5.69 Å². The van der Waals surface area contributed by atoms with E-state index in [1.165, 1.54) is 12.3 Å². The van der Waals surface area contributed by atoms with Crippen molar-refractivity contribution in [3.05, 3.63) is 74.3 Å². The Morgan fingerprint density at radius 3 is 2.40 bits per heavy atom. The van der Waals surface area contributed by atoms with Gasteiger partial charge < -0.3 is 4.74 Å². The van der Waals surface area contributed by atoms with Crippen LogP contribution in [-0.4, -0.2) is 23.2 Å². The lowest BCUT2D eigenvalue weighted by molar-refractivity contribution is -0.393. The molecule has 2 aromatic carbocycles. The molecule has 0 heterocycles. The average Bonchev–Trinajstić information content (AvgIpc) is 2.61. The Morgan fingerprint density at radius 1 is 1.08 bits per heavy atom. The van der Waals surface area contributed by atoms with Gasteiger partial charge in [-0.25, -0.2) is 0 Å². The van der Waals surface area contributed by atoms with Crippen LogP contribution >= 0.6 is 0 Å². The molecule has 0 radical (unpaired) electrons. The lowest BCUT2D eigenvalue weighted by Gasteiger charge is -2.01. The van der Waals surface area contributed by atoms with Gasteiger partial charge in [-0.05, 0) is 29.8 Å². The molecule has 0 aliphatic carbocycles. The van der Waals surface area contributed by atoms with Crippen LogP contribution < -0.4 is 10.2 Å². The Balaban J connectivity index is 2.04. The molecule has 25 heavy (non-hydrogen) atoms. The van der Waals surface area contributed by atoms with Crippen LogP contribution in [0.1, 0.15) is 5.56 Å². The molecule has 2 rings (SSSR count). The highest BCUT2D eigenvalue weighted by Gasteiger charge is 2.18. The predicted molar refractivity (Wildman–Crippen MR) is 93.9 cm³/mol. The van der Waals surface area contributed by atoms with Gasteiger partial charge in [0.25, 0.3) is 5.69 Å². The molecular formula is C16H14N4O5. The number of nitrogens with zero attached hydrogens (tertiary/aromatic N) is 3. The molecule has 0 spiro atoms. The standard InChI is InChI=1S/C16H14N4O5/c1-25-14-7-4-12(5-8-14)3-2-10-17-18-15-9-6-13(19(21)22)11-16(15)20(23)24/h2-11,18H,1H3/b3-2+,17-10+. The molecule has 0 saturated heterocycles. The van der Waals surface area contributed by atoms with Crippen LogP contribution in [0.15, 0.2) is 53.6 Å². The van der Waals surface area contributed by atoms with Gasteiger partial charge in [-0.2, -0.15) is 5.10 Å². The maximum atomic E-state index is 11.0. The number of anilines is 1. The normalized spacial score (nSPS) is 10.9. The van der Waals surface area contributed by atoms with E-state index >= 15 is 0 Å². The number of allylic oxidation sites excluding steroid dienone is 1. The van der Waals surface area contributed by atoms with E-state index in [9.17, 15) is 20.2 Å². The number of hydrogen-bond donors (Lipinski definition) is 1. The maximum absolute atomic E-state index is 11.0. The van der Waals surface area contributed by atoms with Crippen LogP contribution in [-0.2, 0) is 0 Å². The zero-order valence-corrected chi connectivity index (χ0v) is 13.2. The zero-order chi connectivity index (χ0) is 18.2. The fourth-order valence-electron chi connectivity index (χ4n) is 1.90. The van der Waals surface area contributed by atoms with Gasteiger partial charge in [-0.3, -0.25) is 25.7 Å². The van der Waals surface area contributed by atoms with Crippen molar-refractivity contribution < 1.29 is 14.6 Å². The topological polar surface area (TPSA) is 120 Å². The zero-order valence-electron chi connectivity index (χ0n) is 13.2. The quantitative estimate of drug-likeness (QED) is 0.466. The van der Waals surface area contributed by atoms with Crippen molar-refractivity contribution in [3.8, 4) is 5.75 Å². The van der Waals surface area contributed by atoms with Crippen molar-refractivity contribution in [1.29, 1.82) is 0 Å². The molecule has 0 aromatic heterocycles.